The SMILES string of the molecule is CC(C)n1nnc(C(=O)O)c1-c1ccccc1. The molecule has 5 heteroatoms. The van der Waals surface area contributed by atoms with E-state index in [1.165, 1.54) is 0 Å². The number of aromatic carboxylic acids is 1. The molecule has 17 heavy (non-hydrogen) atoms. The summed E-state index contributed by atoms with van der Waals surface area (Å²) in [7, 11) is 0. The molecule has 0 amide bonds. The van der Waals surface area contributed by atoms with Crippen molar-refractivity contribution in [1.29, 1.82) is 0 Å². The van der Waals surface area contributed by atoms with Crippen LogP contribution < -0.4 is 0 Å². The molecule has 0 saturated heterocycles. The summed E-state index contributed by atoms with van der Waals surface area (Å²) in [6, 6.07) is 9.37. The lowest BCUT2D eigenvalue weighted by Gasteiger charge is -2.09. The highest BCUT2D eigenvalue weighted by Crippen LogP contribution is 2.24. The Bertz CT molecular complexity index is 532. The summed E-state index contributed by atoms with van der Waals surface area (Å²) in [5.41, 5.74) is 1.35. The molecule has 0 aliphatic carbocycles. The van der Waals surface area contributed by atoms with E-state index in [1.54, 1.807) is 4.68 Å². The van der Waals surface area contributed by atoms with E-state index in [0.717, 1.165) is 5.56 Å². The van der Waals surface area contributed by atoms with Crippen LogP contribution in [0.2, 0.25) is 0 Å². The molecule has 1 heterocycles. The third-order valence-electron chi connectivity index (χ3n) is 2.43. The summed E-state index contributed by atoms with van der Waals surface area (Å²) < 4.78 is 1.62. The average molecular weight is 231 g/mol. The normalized spacial score (nSPS) is 10.8. The maximum atomic E-state index is 11.1. The molecule has 0 atom stereocenters. The van der Waals surface area contributed by atoms with Gasteiger partial charge in [-0.05, 0) is 13.8 Å². The Labute approximate surface area is 98.7 Å². The van der Waals surface area contributed by atoms with E-state index in [9.17, 15) is 4.79 Å². The van der Waals surface area contributed by atoms with Gasteiger partial charge in [0.15, 0.2) is 5.69 Å². The number of carboxylic acids is 1. The number of carbonyl (C=O) groups is 1. The fourth-order valence-electron chi connectivity index (χ4n) is 1.66. The second-order valence-electron chi connectivity index (χ2n) is 4.00. The van der Waals surface area contributed by atoms with Crippen LogP contribution in [0.5, 0.6) is 0 Å². The lowest BCUT2D eigenvalue weighted by molar-refractivity contribution is 0.0691. The standard InChI is InChI=1S/C12H13N3O2/c1-8(2)15-11(9-6-4-3-5-7-9)10(12(16)17)13-14-15/h3-8H,1-2H3,(H,16,17). The molecule has 0 saturated carbocycles. The largest absolute Gasteiger partial charge is 0.476 e. The molecular weight excluding hydrogens is 218 g/mol. The average Bonchev–Trinajstić information content (AvgIpc) is 2.74. The minimum absolute atomic E-state index is 0.00935. The summed E-state index contributed by atoms with van der Waals surface area (Å²) in [6.07, 6.45) is 0. The van der Waals surface area contributed by atoms with Gasteiger partial charge in [0, 0.05) is 11.6 Å². The van der Waals surface area contributed by atoms with Crippen molar-refractivity contribution < 1.29 is 9.90 Å². The highest BCUT2D eigenvalue weighted by atomic mass is 16.4. The smallest absolute Gasteiger partial charge is 0.358 e. The molecule has 0 unspecified atom stereocenters. The van der Waals surface area contributed by atoms with Gasteiger partial charge in [-0.3, -0.25) is 0 Å². The van der Waals surface area contributed by atoms with Gasteiger partial charge in [-0.1, -0.05) is 35.5 Å². The zero-order valence-electron chi connectivity index (χ0n) is 9.66. The van der Waals surface area contributed by atoms with Crippen LogP contribution >= 0.6 is 0 Å². The Hall–Kier alpha value is -2.17. The van der Waals surface area contributed by atoms with Crippen LogP contribution in [0.15, 0.2) is 30.3 Å². The van der Waals surface area contributed by atoms with Gasteiger partial charge in [-0.2, -0.15) is 0 Å². The molecule has 1 aromatic heterocycles. The van der Waals surface area contributed by atoms with Crippen LogP contribution in [0.4, 0.5) is 0 Å². The minimum Gasteiger partial charge on any atom is -0.476 e. The molecule has 0 aliphatic heterocycles. The summed E-state index contributed by atoms with van der Waals surface area (Å²) in [6.45, 7) is 3.87. The second-order valence-corrected chi connectivity index (χ2v) is 4.00. The lowest BCUT2D eigenvalue weighted by atomic mass is 10.1. The van der Waals surface area contributed by atoms with Crippen LogP contribution in [0.3, 0.4) is 0 Å². The van der Waals surface area contributed by atoms with E-state index in [1.807, 2.05) is 44.2 Å². The fraction of sp³-hybridized carbons (Fsp3) is 0.250. The van der Waals surface area contributed by atoms with Crippen molar-refractivity contribution in [1.82, 2.24) is 15.0 Å². The lowest BCUT2D eigenvalue weighted by Crippen LogP contribution is -2.06. The molecule has 2 rings (SSSR count). The summed E-state index contributed by atoms with van der Waals surface area (Å²) in [5.74, 6) is -1.06. The van der Waals surface area contributed by atoms with Crippen LogP contribution in [-0.2, 0) is 0 Å². The zero-order chi connectivity index (χ0) is 12.4. The third kappa shape index (κ3) is 2.04. The van der Waals surface area contributed by atoms with Crippen molar-refractivity contribution in [2.45, 2.75) is 19.9 Å². The van der Waals surface area contributed by atoms with Crippen LogP contribution in [0, 0.1) is 0 Å². The first-order valence-corrected chi connectivity index (χ1v) is 5.35. The van der Waals surface area contributed by atoms with Gasteiger partial charge >= 0.3 is 5.97 Å². The Balaban J connectivity index is 2.65. The van der Waals surface area contributed by atoms with E-state index < -0.39 is 5.97 Å². The quantitative estimate of drug-likeness (QED) is 0.879. The first-order valence-electron chi connectivity index (χ1n) is 5.35. The Morgan fingerprint density at radius 1 is 1.29 bits per heavy atom. The number of hydrogen-bond donors (Lipinski definition) is 1. The molecule has 0 bridgehead atoms. The number of nitrogens with zero attached hydrogens (tertiary/aromatic N) is 3. The number of benzene rings is 1. The molecule has 5 nitrogen and oxygen atoms in total. The molecule has 88 valence electrons. The Morgan fingerprint density at radius 3 is 2.47 bits per heavy atom. The summed E-state index contributed by atoms with van der Waals surface area (Å²) in [5, 5.41) is 16.7. The van der Waals surface area contributed by atoms with Crippen molar-refractivity contribution in [2.75, 3.05) is 0 Å². The van der Waals surface area contributed by atoms with Crippen molar-refractivity contribution in [3.8, 4) is 11.3 Å². The maximum Gasteiger partial charge on any atom is 0.358 e. The summed E-state index contributed by atoms with van der Waals surface area (Å²) >= 11 is 0. The topological polar surface area (TPSA) is 68.0 Å². The number of rotatable bonds is 3. The van der Waals surface area contributed by atoms with Gasteiger partial charge in [-0.25, -0.2) is 9.48 Å². The van der Waals surface area contributed by atoms with Gasteiger partial charge < -0.3 is 5.11 Å². The van der Waals surface area contributed by atoms with Gasteiger partial charge in [0.05, 0.1) is 0 Å². The van der Waals surface area contributed by atoms with Gasteiger partial charge in [0.1, 0.15) is 5.69 Å². The van der Waals surface area contributed by atoms with Crippen molar-refractivity contribution in [2.24, 2.45) is 0 Å². The molecule has 0 radical (unpaired) electrons. The van der Waals surface area contributed by atoms with Crippen molar-refractivity contribution >= 4 is 5.97 Å². The van der Waals surface area contributed by atoms with E-state index in [0.29, 0.717) is 5.69 Å². The van der Waals surface area contributed by atoms with Crippen LogP contribution in [-0.4, -0.2) is 26.1 Å². The maximum absolute atomic E-state index is 11.1. The molecule has 0 spiro atoms. The molecule has 0 aliphatic rings. The molecule has 1 N–H and O–H groups in total. The fourth-order valence-corrected chi connectivity index (χ4v) is 1.66. The first-order chi connectivity index (χ1) is 8.11. The highest BCUT2D eigenvalue weighted by molar-refractivity contribution is 5.92. The van der Waals surface area contributed by atoms with Crippen molar-refractivity contribution in [3.63, 3.8) is 0 Å². The zero-order valence-corrected chi connectivity index (χ0v) is 9.66. The highest BCUT2D eigenvalue weighted by Gasteiger charge is 2.21. The molecule has 1 aromatic carbocycles. The monoisotopic (exact) mass is 231 g/mol. The van der Waals surface area contributed by atoms with Gasteiger partial charge in [0.25, 0.3) is 0 Å². The number of carboxylic acid groups (broad SMARTS) is 1. The van der Waals surface area contributed by atoms with Gasteiger partial charge in [0.2, 0.25) is 0 Å². The van der Waals surface area contributed by atoms with E-state index in [2.05, 4.69) is 10.3 Å². The van der Waals surface area contributed by atoms with E-state index in [-0.39, 0.29) is 11.7 Å². The predicted molar refractivity (Wildman–Crippen MR) is 62.8 cm³/mol. The first kappa shape index (κ1) is 11.3. The van der Waals surface area contributed by atoms with Crippen LogP contribution in [0.1, 0.15) is 30.4 Å². The molecular formula is C12H13N3O2. The molecule has 0 fully saturated rings. The predicted octanol–water partition coefficient (Wildman–Crippen LogP) is 2.22. The summed E-state index contributed by atoms with van der Waals surface area (Å²) in [4.78, 5) is 11.1. The molecule has 2 aromatic rings. The Kier molecular flexibility index (Phi) is 2.91. The van der Waals surface area contributed by atoms with E-state index >= 15 is 0 Å². The number of aromatic nitrogens is 3. The number of hydrogen-bond acceptors (Lipinski definition) is 3. The van der Waals surface area contributed by atoms with Crippen molar-refractivity contribution in [3.05, 3.63) is 36.0 Å². The third-order valence-corrected chi connectivity index (χ3v) is 2.43. The van der Waals surface area contributed by atoms with Crippen LogP contribution in [0.25, 0.3) is 11.3 Å². The second kappa shape index (κ2) is 4.37. The minimum atomic E-state index is -1.06. The van der Waals surface area contributed by atoms with E-state index in [4.69, 9.17) is 5.11 Å². The van der Waals surface area contributed by atoms with Gasteiger partial charge in [-0.15, -0.1) is 5.10 Å². The Morgan fingerprint density at radius 2 is 1.94 bits per heavy atom.